The van der Waals surface area contributed by atoms with Gasteiger partial charge in [-0.25, -0.2) is 0 Å². The molecule has 2 heterocycles. The average molecular weight is 251 g/mol. The summed E-state index contributed by atoms with van der Waals surface area (Å²) < 4.78 is 10.8. The summed E-state index contributed by atoms with van der Waals surface area (Å²) in [5, 5.41) is 0. The van der Waals surface area contributed by atoms with E-state index in [2.05, 4.69) is 16.0 Å². The van der Waals surface area contributed by atoms with Gasteiger partial charge in [-0.2, -0.15) is 0 Å². The van der Waals surface area contributed by atoms with Gasteiger partial charge in [-0.15, -0.1) is 0 Å². The molecule has 1 aromatic rings. The quantitative estimate of drug-likeness (QED) is 0.863. The summed E-state index contributed by atoms with van der Waals surface area (Å²) in [6, 6.07) is 3.99. The number of hydrogen-bond acceptors (Lipinski definition) is 5. The van der Waals surface area contributed by atoms with Crippen LogP contribution in [0.3, 0.4) is 0 Å². The summed E-state index contributed by atoms with van der Waals surface area (Å²) in [6.45, 7) is 3.59. The van der Waals surface area contributed by atoms with Crippen LogP contribution in [0.4, 0.5) is 5.69 Å². The SMILES string of the molecule is COC1CN(c2ccc([C@@H](C)N)nc2)CC1OC. The Labute approximate surface area is 108 Å². The van der Waals surface area contributed by atoms with Gasteiger partial charge in [0.2, 0.25) is 0 Å². The molecule has 0 bridgehead atoms. The van der Waals surface area contributed by atoms with E-state index < -0.39 is 0 Å². The molecule has 1 saturated heterocycles. The summed E-state index contributed by atoms with van der Waals surface area (Å²) in [7, 11) is 3.44. The largest absolute Gasteiger partial charge is 0.377 e. The van der Waals surface area contributed by atoms with Crippen LogP contribution >= 0.6 is 0 Å². The molecule has 0 saturated carbocycles. The maximum Gasteiger partial charge on any atom is 0.102 e. The van der Waals surface area contributed by atoms with Gasteiger partial charge in [0.1, 0.15) is 12.2 Å². The summed E-state index contributed by atoms with van der Waals surface area (Å²) in [4.78, 5) is 6.60. The zero-order chi connectivity index (χ0) is 13.1. The molecule has 1 aliphatic heterocycles. The van der Waals surface area contributed by atoms with Gasteiger partial charge in [-0.1, -0.05) is 0 Å². The number of pyridine rings is 1. The summed E-state index contributed by atoms with van der Waals surface area (Å²) in [5.74, 6) is 0. The van der Waals surface area contributed by atoms with E-state index in [9.17, 15) is 0 Å². The normalized spacial score (nSPS) is 25.4. The molecule has 1 aromatic heterocycles. The zero-order valence-corrected chi connectivity index (χ0v) is 11.2. The monoisotopic (exact) mass is 251 g/mol. The molecule has 1 fully saturated rings. The van der Waals surface area contributed by atoms with E-state index in [1.165, 1.54) is 0 Å². The van der Waals surface area contributed by atoms with Gasteiger partial charge in [-0.05, 0) is 19.1 Å². The molecule has 2 rings (SSSR count). The summed E-state index contributed by atoms with van der Waals surface area (Å²) >= 11 is 0. The van der Waals surface area contributed by atoms with Crippen molar-refractivity contribution < 1.29 is 9.47 Å². The van der Waals surface area contributed by atoms with Crippen LogP contribution in [0.15, 0.2) is 18.3 Å². The molecule has 2 unspecified atom stereocenters. The Balaban J connectivity index is 2.08. The van der Waals surface area contributed by atoms with Crippen molar-refractivity contribution in [2.24, 2.45) is 5.73 Å². The first kappa shape index (κ1) is 13.3. The minimum absolute atomic E-state index is 0.0314. The van der Waals surface area contributed by atoms with Gasteiger partial charge in [0.25, 0.3) is 0 Å². The molecule has 100 valence electrons. The van der Waals surface area contributed by atoms with Crippen LogP contribution in [0.25, 0.3) is 0 Å². The fraction of sp³-hybridized carbons (Fsp3) is 0.615. The molecule has 0 aromatic carbocycles. The maximum atomic E-state index is 5.79. The fourth-order valence-corrected chi connectivity index (χ4v) is 2.26. The number of aromatic nitrogens is 1. The van der Waals surface area contributed by atoms with Crippen LogP contribution in [0, 0.1) is 0 Å². The van der Waals surface area contributed by atoms with Gasteiger partial charge >= 0.3 is 0 Å². The van der Waals surface area contributed by atoms with Gasteiger partial charge < -0.3 is 20.1 Å². The summed E-state index contributed by atoms with van der Waals surface area (Å²) in [6.07, 6.45) is 2.09. The first-order valence-electron chi connectivity index (χ1n) is 6.17. The number of nitrogens with two attached hydrogens (primary N) is 1. The number of methoxy groups -OCH3 is 2. The maximum absolute atomic E-state index is 5.79. The Morgan fingerprint density at radius 2 is 1.89 bits per heavy atom. The van der Waals surface area contributed by atoms with E-state index in [1.807, 2.05) is 19.2 Å². The molecular weight excluding hydrogens is 230 g/mol. The number of hydrogen-bond donors (Lipinski definition) is 1. The lowest BCUT2D eigenvalue weighted by atomic mass is 10.2. The van der Waals surface area contributed by atoms with Crippen LogP contribution in [0.5, 0.6) is 0 Å². The Hall–Kier alpha value is -1.17. The minimum atomic E-state index is -0.0314. The van der Waals surface area contributed by atoms with Crippen LogP contribution in [-0.2, 0) is 9.47 Å². The molecular formula is C13H21N3O2. The highest BCUT2D eigenvalue weighted by molar-refractivity contribution is 5.46. The lowest BCUT2D eigenvalue weighted by Gasteiger charge is -2.18. The summed E-state index contributed by atoms with van der Waals surface area (Å²) in [5.41, 5.74) is 7.78. The topological polar surface area (TPSA) is 60.6 Å². The van der Waals surface area contributed by atoms with E-state index >= 15 is 0 Å². The smallest absolute Gasteiger partial charge is 0.102 e. The highest BCUT2D eigenvalue weighted by atomic mass is 16.5. The molecule has 1 aliphatic rings. The third-order valence-electron chi connectivity index (χ3n) is 3.42. The van der Waals surface area contributed by atoms with Crippen molar-refractivity contribution in [1.82, 2.24) is 4.98 Å². The third kappa shape index (κ3) is 2.63. The Morgan fingerprint density at radius 3 is 2.28 bits per heavy atom. The molecule has 0 spiro atoms. The predicted octanol–water partition coefficient (Wildman–Crippen LogP) is 0.951. The van der Waals surface area contributed by atoms with Crippen molar-refractivity contribution in [1.29, 1.82) is 0 Å². The van der Waals surface area contributed by atoms with Gasteiger partial charge in [0, 0.05) is 33.4 Å². The number of anilines is 1. The molecule has 5 nitrogen and oxygen atoms in total. The minimum Gasteiger partial charge on any atom is -0.377 e. The first-order valence-corrected chi connectivity index (χ1v) is 6.17. The van der Waals surface area contributed by atoms with E-state index in [1.54, 1.807) is 14.2 Å². The highest BCUT2D eigenvalue weighted by Gasteiger charge is 2.33. The van der Waals surface area contributed by atoms with Crippen molar-refractivity contribution in [2.75, 3.05) is 32.2 Å². The Kier molecular flexibility index (Phi) is 4.16. The number of ether oxygens (including phenoxy) is 2. The molecule has 2 N–H and O–H groups in total. The van der Waals surface area contributed by atoms with E-state index in [0.29, 0.717) is 0 Å². The van der Waals surface area contributed by atoms with Crippen molar-refractivity contribution >= 4 is 5.69 Å². The standard InChI is InChI=1S/C13H21N3O2/c1-9(14)11-5-4-10(6-15-11)16-7-12(17-2)13(8-16)18-3/h4-6,9,12-13H,7-8,14H2,1-3H3/t9-,12?,13?/m1/s1. The second-order valence-corrected chi connectivity index (χ2v) is 4.68. The molecule has 5 heteroatoms. The zero-order valence-electron chi connectivity index (χ0n) is 11.2. The van der Waals surface area contributed by atoms with Crippen LogP contribution in [-0.4, -0.2) is 44.5 Å². The van der Waals surface area contributed by atoms with Crippen molar-refractivity contribution in [3.63, 3.8) is 0 Å². The molecule has 0 aliphatic carbocycles. The number of nitrogens with zero attached hydrogens (tertiary/aromatic N) is 2. The van der Waals surface area contributed by atoms with Gasteiger partial charge in [-0.3, -0.25) is 4.98 Å². The molecule has 0 radical (unpaired) electrons. The molecule has 18 heavy (non-hydrogen) atoms. The highest BCUT2D eigenvalue weighted by Crippen LogP contribution is 2.23. The molecule has 3 atom stereocenters. The predicted molar refractivity (Wildman–Crippen MR) is 70.6 cm³/mol. The van der Waals surface area contributed by atoms with Crippen molar-refractivity contribution in [3.8, 4) is 0 Å². The second kappa shape index (κ2) is 5.65. The Bertz CT molecular complexity index is 368. The first-order chi connectivity index (χ1) is 8.65. The van der Waals surface area contributed by atoms with Crippen LogP contribution in [0.2, 0.25) is 0 Å². The van der Waals surface area contributed by atoms with Crippen LogP contribution < -0.4 is 10.6 Å². The van der Waals surface area contributed by atoms with E-state index in [-0.39, 0.29) is 18.2 Å². The van der Waals surface area contributed by atoms with Crippen molar-refractivity contribution in [2.45, 2.75) is 25.2 Å². The third-order valence-corrected chi connectivity index (χ3v) is 3.42. The van der Waals surface area contributed by atoms with Crippen molar-refractivity contribution in [3.05, 3.63) is 24.0 Å². The average Bonchev–Trinajstić information content (AvgIpc) is 2.82. The lowest BCUT2D eigenvalue weighted by molar-refractivity contribution is -0.00461. The van der Waals surface area contributed by atoms with Gasteiger partial charge in [0.05, 0.1) is 17.6 Å². The van der Waals surface area contributed by atoms with E-state index in [4.69, 9.17) is 15.2 Å². The molecule has 0 amide bonds. The van der Waals surface area contributed by atoms with Gasteiger partial charge in [0.15, 0.2) is 0 Å². The Morgan fingerprint density at radius 1 is 1.28 bits per heavy atom. The van der Waals surface area contributed by atoms with Crippen LogP contribution in [0.1, 0.15) is 18.7 Å². The van der Waals surface area contributed by atoms with E-state index in [0.717, 1.165) is 24.5 Å². The number of rotatable bonds is 4. The lowest BCUT2D eigenvalue weighted by Crippen LogP contribution is -2.27. The second-order valence-electron chi connectivity index (χ2n) is 4.68. The fourth-order valence-electron chi connectivity index (χ4n) is 2.26.